The molecule has 0 bridgehead atoms. The molecule has 2 amide bonds. The lowest BCUT2D eigenvalue weighted by Gasteiger charge is -2.13. The molecular formula is C20H17Cl2N7O. The van der Waals surface area contributed by atoms with Gasteiger partial charge in [0.25, 0.3) is 0 Å². The Morgan fingerprint density at radius 1 is 1.03 bits per heavy atom. The lowest BCUT2D eigenvalue weighted by atomic mass is 10.1. The molecule has 1 aromatic heterocycles. The largest absolute Gasteiger partial charge is 0.331 e. The first-order valence-corrected chi connectivity index (χ1v) is 9.54. The van der Waals surface area contributed by atoms with E-state index < -0.39 is 0 Å². The van der Waals surface area contributed by atoms with Crippen LogP contribution in [0.15, 0.2) is 42.5 Å². The standard InChI is InChI=1S/C20H17Cl2N7O/c1-29(2)20(30)28-19-26-17(10-14-15(21)4-3-5-16(14)22)25-18(27-19)24-13-8-6-12(11-23)7-9-13/h3-9H,10H2,1-2H3,(H2,24,25,26,27,28,30). The average molecular weight is 442 g/mol. The van der Waals surface area contributed by atoms with E-state index in [1.54, 1.807) is 56.6 Å². The van der Waals surface area contributed by atoms with E-state index >= 15 is 0 Å². The Labute approximate surface area is 183 Å². The van der Waals surface area contributed by atoms with Gasteiger partial charge in [-0.05, 0) is 42.0 Å². The van der Waals surface area contributed by atoms with Crippen LogP contribution in [0.4, 0.5) is 22.4 Å². The van der Waals surface area contributed by atoms with Crippen LogP contribution in [0.3, 0.4) is 0 Å². The summed E-state index contributed by atoms with van der Waals surface area (Å²) >= 11 is 12.5. The average Bonchev–Trinajstić information content (AvgIpc) is 2.71. The molecule has 30 heavy (non-hydrogen) atoms. The van der Waals surface area contributed by atoms with E-state index in [2.05, 4.69) is 31.7 Å². The van der Waals surface area contributed by atoms with Gasteiger partial charge in [0.2, 0.25) is 11.9 Å². The first-order valence-electron chi connectivity index (χ1n) is 8.79. The zero-order valence-corrected chi connectivity index (χ0v) is 17.7. The van der Waals surface area contributed by atoms with E-state index in [-0.39, 0.29) is 24.3 Å². The van der Waals surface area contributed by atoms with Gasteiger partial charge in [0, 0.05) is 36.2 Å². The predicted octanol–water partition coefficient (Wildman–Crippen LogP) is 4.48. The van der Waals surface area contributed by atoms with E-state index in [1.807, 2.05) is 0 Å². The highest BCUT2D eigenvalue weighted by atomic mass is 35.5. The van der Waals surface area contributed by atoms with Crippen molar-refractivity contribution in [1.82, 2.24) is 19.9 Å². The number of benzene rings is 2. The van der Waals surface area contributed by atoms with Crippen molar-refractivity contribution in [3.05, 3.63) is 69.5 Å². The summed E-state index contributed by atoms with van der Waals surface area (Å²) in [5.74, 6) is 0.671. The topological polar surface area (TPSA) is 107 Å². The summed E-state index contributed by atoms with van der Waals surface area (Å²) < 4.78 is 0. The molecule has 0 saturated carbocycles. The van der Waals surface area contributed by atoms with Crippen LogP contribution in [0.2, 0.25) is 10.0 Å². The normalized spacial score (nSPS) is 10.2. The van der Waals surface area contributed by atoms with Crippen molar-refractivity contribution in [3.8, 4) is 6.07 Å². The molecule has 0 spiro atoms. The van der Waals surface area contributed by atoms with Crippen LogP contribution in [-0.4, -0.2) is 40.0 Å². The number of urea groups is 1. The number of nitriles is 1. The minimum atomic E-state index is -0.382. The minimum absolute atomic E-state index is 0.0815. The first kappa shape index (κ1) is 21.3. The molecule has 8 nitrogen and oxygen atoms in total. The monoisotopic (exact) mass is 441 g/mol. The fourth-order valence-electron chi connectivity index (χ4n) is 2.43. The molecular weight excluding hydrogens is 425 g/mol. The Morgan fingerprint density at radius 3 is 2.27 bits per heavy atom. The summed E-state index contributed by atoms with van der Waals surface area (Å²) in [7, 11) is 3.22. The summed E-state index contributed by atoms with van der Waals surface area (Å²) in [5, 5.41) is 15.6. The lowest BCUT2D eigenvalue weighted by molar-refractivity contribution is 0.230. The zero-order valence-electron chi connectivity index (χ0n) is 16.1. The molecule has 152 valence electrons. The van der Waals surface area contributed by atoms with E-state index in [0.29, 0.717) is 32.7 Å². The van der Waals surface area contributed by atoms with Gasteiger partial charge < -0.3 is 10.2 Å². The van der Waals surface area contributed by atoms with Crippen molar-refractivity contribution in [2.45, 2.75) is 6.42 Å². The van der Waals surface area contributed by atoms with Gasteiger partial charge in [0.15, 0.2) is 0 Å². The molecule has 0 saturated heterocycles. The summed E-state index contributed by atoms with van der Waals surface area (Å²) in [5.41, 5.74) is 1.87. The number of carbonyl (C=O) groups excluding carboxylic acids is 1. The molecule has 0 fully saturated rings. The smallest absolute Gasteiger partial charge is 0.323 e. The zero-order chi connectivity index (χ0) is 21.7. The first-order chi connectivity index (χ1) is 14.4. The Kier molecular flexibility index (Phi) is 6.67. The molecule has 0 aliphatic heterocycles. The Hall–Kier alpha value is -3.41. The summed E-state index contributed by atoms with van der Waals surface area (Å²) in [4.78, 5) is 26.4. The molecule has 1 heterocycles. The third-order valence-electron chi connectivity index (χ3n) is 3.97. The predicted molar refractivity (Wildman–Crippen MR) is 116 cm³/mol. The number of aromatic nitrogens is 3. The number of amides is 2. The number of anilines is 3. The molecule has 0 radical (unpaired) electrons. The summed E-state index contributed by atoms with van der Waals surface area (Å²) in [6.07, 6.45) is 0.244. The van der Waals surface area contributed by atoms with Crippen LogP contribution in [0, 0.1) is 11.3 Å². The summed E-state index contributed by atoms with van der Waals surface area (Å²) in [6.45, 7) is 0. The fraction of sp³-hybridized carbons (Fsp3) is 0.150. The third-order valence-corrected chi connectivity index (χ3v) is 4.68. The molecule has 0 unspecified atom stereocenters. The van der Waals surface area contributed by atoms with Crippen LogP contribution in [0.5, 0.6) is 0 Å². The van der Waals surface area contributed by atoms with Crippen LogP contribution < -0.4 is 10.6 Å². The van der Waals surface area contributed by atoms with E-state index in [0.717, 1.165) is 0 Å². The van der Waals surface area contributed by atoms with Gasteiger partial charge in [-0.25, -0.2) is 4.79 Å². The Balaban J connectivity index is 1.95. The highest BCUT2D eigenvalue weighted by molar-refractivity contribution is 6.36. The van der Waals surface area contributed by atoms with Crippen molar-refractivity contribution in [2.24, 2.45) is 0 Å². The van der Waals surface area contributed by atoms with Crippen LogP contribution in [-0.2, 0) is 6.42 Å². The van der Waals surface area contributed by atoms with Crippen LogP contribution in [0.1, 0.15) is 17.0 Å². The van der Waals surface area contributed by atoms with Gasteiger partial charge in [-0.3, -0.25) is 5.32 Å². The molecule has 2 aromatic carbocycles. The number of rotatable bonds is 5. The van der Waals surface area contributed by atoms with E-state index in [4.69, 9.17) is 28.5 Å². The minimum Gasteiger partial charge on any atom is -0.331 e. The number of hydrogen-bond acceptors (Lipinski definition) is 6. The van der Waals surface area contributed by atoms with Crippen molar-refractivity contribution in [3.63, 3.8) is 0 Å². The van der Waals surface area contributed by atoms with Crippen LogP contribution >= 0.6 is 23.2 Å². The number of halogens is 2. The number of nitrogens with one attached hydrogen (secondary N) is 2. The number of carbonyl (C=O) groups is 1. The quantitative estimate of drug-likeness (QED) is 0.604. The highest BCUT2D eigenvalue weighted by Gasteiger charge is 2.14. The van der Waals surface area contributed by atoms with Gasteiger partial charge in [0.1, 0.15) is 5.82 Å². The number of nitrogens with zero attached hydrogens (tertiary/aromatic N) is 5. The van der Waals surface area contributed by atoms with Gasteiger partial charge in [-0.2, -0.15) is 20.2 Å². The van der Waals surface area contributed by atoms with Gasteiger partial charge in [-0.1, -0.05) is 29.3 Å². The molecule has 3 aromatic rings. The number of hydrogen-bond donors (Lipinski definition) is 2. The van der Waals surface area contributed by atoms with Crippen molar-refractivity contribution in [2.75, 3.05) is 24.7 Å². The Morgan fingerprint density at radius 2 is 1.67 bits per heavy atom. The second kappa shape index (κ2) is 9.39. The molecule has 0 atom stereocenters. The van der Waals surface area contributed by atoms with Gasteiger partial charge in [-0.15, -0.1) is 0 Å². The third kappa shape index (κ3) is 5.35. The Bertz CT molecular complexity index is 1090. The SMILES string of the molecule is CN(C)C(=O)Nc1nc(Cc2c(Cl)cccc2Cl)nc(Nc2ccc(C#N)cc2)n1. The highest BCUT2D eigenvalue weighted by Crippen LogP contribution is 2.26. The molecule has 2 N–H and O–H groups in total. The second-order valence-corrected chi connectivity index (χ2v) is 7.23. The van der Waals surface area contributed by atoms with Crippen LogP contribution in [0.25, 0.3) is 0 Å². The van der Waals surface area contributed by atoms with Crippen molar-refractivity contribution >= 4 is 46.8 Å². The molecule has 0 aliphatic rings. The summed E-state index contributed by atoms with van der Waals surface area (Å²) in [6, 6.07) is 13.7. The van der Waals surface area contributed by atoms with Gasteiger partial charge >= 0.3 is 6.03 Å². The lowest BCUT2D eigenvalue weighted by Crippen LogP contribution is -2.28. The second-order valence-electron chi connectivity index (χ2n) is 6.41. The molecule has 10 heteroatoms. The maximum absolute atomic E-state index is 12.1. The maximum Gasteiger partial charge on any atom is 0.323 e. The molecule has 3 rings (SSSR count). The van der Waals surface area contributed by atoms with E-state index in [9.17, 15) is 4.79 Å². The van der Waals surface area contributed by atoms with E-state index in [1.165, 1.54) is 4.90 Å². The van der Waals surface area contributed by atoms with Gasteiger partial charge in [0.05, 0.1) is 11.6 Å². The maximum atomic E-state index is 12.1. The fourth-order valence-corrected chi connectivity index (χ4v) is 2.97. The molecule has 0 aliphatic carbocycles. The van der Waals surface area contributed by atoms with Crippen molar-refractivity contribution < 1.29 is 4.79 Å². The van der Waals surface area contributed by atoms with Crippen molar-refractivity contribution in [1.29, 1.82) is 5.26 Å².